The molecule has 0 aliphatic heterocycles. The van der Waals surface area contributed by atoms with E-state index in [1.807, 2.05) is 24.3 Å². The van der Waals surface area contributed by atoms with E-state index in [9.17, 15) is 4.79 Å². The third kappa shape index (κ3) is 2.85. The number of nitrogen functional groups attached to an aromatic ring is 1. The van der Waals surface area contributed by atoms with Gasteiger partial charge in [0.15, 0.2) is 0 Å². The first-order valence-electron chi connectivity index (χ1n) is 5.08. The maximum absolute atomic E-state index is 11.9. The quantitative estimate of drug-likeness (QED) is 0.834. The van der Waals surface area contributed by atoms with E-state index in [4.69, 9.17) is 5.73 Å². The average Bonchev–Trinajstić information content (AvgIpc) is 2.33. The van der Waals surface area contributed by atoms with Gasteiger partial charge in [-0.25, -0.2) is 0 Å². The minimum Gasteiger partial charge on any atom is -0.397 e. The SMILES string of the molecule is Nc1ccccc1NC(=O)c1ccc(Br)cc1. The van der Waals surface area contributed by atoms with Crippen LogP contribution < -0.4 is 11.1 Å². The van der Waals surface area contributed by atoms with Gasteiger partial charge in [0.25, 0.3) is 5.91 Å². The Hall–Kier alpha value is -1.81. The number of anilines is 2. The third-order valence-corrected chi connectivity index (χ3v) is 2.84. The van der Waals surface area contributed by atoms with Gasteiger partial charge in [-0.2, -0.15) is 0 Å². The largest absolute Gasteiger partial charge is 0.397 e. The number of halogens is 1. The van der Waals surface area contributed by atoms with E-state index in [1.54, 1.807) is 24.3 Å². The number of para-hydroxylation sites is 2. The minimum atomic E-state index is -0.171. The van der Waals surface area contributed by atoms with Crippen molar-refractivity contribution in [1.82, 2.24) is 0 Å². The lowest BCUT2D eigenvalue weighted by atomic mass is 10.2. The molecule has 2 rings (SSSR count). The standard InChI is InChI=1S/C13H11BrN2O/c14-10-7-5-9(6-8-10)13(17)16-12-4-2-1-3-11(12)15/h1-8H,15H2,(H,16,17). The zero-order valence-electron chi connectivity index (χ0n) is 8.98. The van der Waals surface area contributed by atoms with E-state index >= 15 is 0 Å². The first-order valence-corrected chi connectivity index (χ1v) is 5.87. The van der Waals surface area contributed by atoms with Gasteiger partial charge in [0.05, 0.1) is 11.4 Å². The number of rotatable bonds is 2. The zero-order chi connectivity index (χ0) is 12.3. The molecule has 0 saturated carbocycles. The molecular weight excluding hydrogens is 280 g/mol. The summed E-state index contributed by atoms with van der Waals surface area (Å²) >= 11 is 3.32. The van der Waals surface area contributed by atoms with Crippen LogP contribution in [0.4, 0.5) is 11.4 Å². The smallest absolute Gasteiger partial charge is 0.255 e. The van der Waals surface area contributed by atoms with Crippen molar-refractivity contribution in [2.45, 2.75) is 0 Å². The molecule has 1 amide bonds. The number of nitrogens with one attached hydrogen (secondary N) is 1. The summed E-state index contributed by atoms with van der Waals surface area (Å²) in [5, 5.41) is 2.77. The van der Waals surface area contributed by atoms with Gasteiger partial charge in [0.2, 0.25) is 0 Å². The van der Waals surface area contributed by atoms with Crippen LogP contribution in [0.1, 0.15) is 10.4 Å². The van der Waals surface area contributed by atoms with Crippen LogP contribution in [0.15, 0.2) is 53.0 Å². The Morgan fingerprint density at radius 1 is 1.06 bits per heavy atom. The molecule has 2 aromatic rings. The van der Waals surface area contributed by atoms with Gasteiger partial charge in [0, 0.05) is 10.0 Å². The van der Waals surface area contributed by atoms with Crippen molar-refractivity contribution in [2.75, 3.05) is 11.1 Å². The predicted molar refractivity (Wildman–Crippen MR) is 72.9 cm³/mol. The molecule has 3 nitrogen and oxygen atoms in total. The third-order valence-electron chi connectivity index (χ3n) is 2.32. The monoisotopic (exact) mass is 290 g/mol. The molecule has 0 bridgehead atoms. The van der Waals surface area contributed by atoms with Crippen molar-refractivity contribution in [1.29, 1.82) is 0 Å². The van der Waals surface area contributed by atoms with Crippen LogP contribution in [0, 0.1) is 0 Å². The molecule has 0 radical (unpaired) electrons. The van der Waals surface area contributed by atoms with Crippen LogP contribution in [-0.4, -0.2) is 5.91 Å². The van der Waals surface area contributed by atoms with Gasteiger partial charge in [-0.05, 0) is 36.4 Å². The molecule has 2 aromatic carbocycles. The van der Waals surface area contributed by atoms with Crippen molar-refractivity contribution >= 4 is 33.2 Å². The Labute approximate surface area is 108 Å². The van der Waals surface area contributed by atoms with E-state index in [0.717, 1.165) is 4.47 Å². The molecule has 0 aliphatic carbocycles. The first-order chi connectivity index (χ1) is 8.16. The average molecular weight is 291 g/mol. The molecule has 3 N–H and O–H groups in total. The summed E-state index contributed by atoms with van der Waals surface area (Å²) in [6, 6.07) is 14.3. The van der Waals surface area contributed by atoms with Gasteiger partial charge in [-0.3, -0.25) is 4.79 Å². The number of nitrogens with two attached hydrogens (primary N) is 1. The van der Waals surface area contributed by atoms with Crippen molar-refractivity contribution < 1.29 is 4.79 Å². The molecule has 0 spiro atoms. The fourth-order valence-electron chi connectivity index (χ4n) is 1.41. The van der Waals surface area contributed by atoms with Crippen LogP contribution in [0.5, 0.6) is 0 Å². The molecule has 0 saturated heterocycles. The maximum Gasteiger partial charge on any atom is 0.255 e. The molecular formula is C13H11BrN2O. The fourth-order valence-corrected chi connectivity index (χ4v) is 1.67. The fraction of sp³-hybridized carbons (Fsp3) is 0. The number of benzene rings is 2. The van der Waals surface area contributed by atoms with Crippen molar-refractivity contribution in [2.24, 2.45) is 0 Å². The second-order valence-corrected chi connectivity index (χ2v) is 4.46. The lowest BCUT2D eigenvalue weighted by Gasteiger charge is -2.07. The van der Waals surface area contributed by atoms with Crippen molar-refractivity contribution in [3.05, 3.63) is 58.6 Å². The van der Waals surface area contributed by atoms with E-state index in [1.165, 1.54) is 0 Å². The highest BCUT2D eigenvalue weighted by Gasteiger charge is 2.06. The Bertz CT molecular complexity index is 537. The van der Waals surface area contributed by atoms with Gasteiger partial charge >= 0.3 is 0 Å². The number of carbonyl (C=O) groups is 1. The molecule has 0 heterocycles. The Morgan fingerprint density at radius 2 is 1.71 bits per heavy atom. The molecule has 0 aliphatic rings. The normalized spacial score (nSPS) is 9.94. The van der Waals surface area contributed by atoms with E-state index in [0.29, 0.717) is 16.9 Å². The van der Waals surface area contributed by atoms with Crippen LogP contribution >= 0.6 is 15.9 Å². The van der Waals surface area contributed by atoms with E-state index in [-0.39, 0.29) is 5.91 Å². The summed E-state index contributed by atoms with van der Waals surface area (Å²) in [6.45, 7) is 0. The number of hydrogen-bond acceptors (Lipinski definition) is 2. The summed E-state index contributed by atoms with van der Waals surface area (Å²) < 4.78 is 0.938. The molecule has 4 heteroatoms. The van der Waals surface area contributed by atoms with Crippen molar-refractivity contribution in [3.8, 4) is 0 Å². The lowest BCUT2D eigenvalue weighted by molar-refractivity contribution is 0.102. The van der Waals surface area contributed by atoms with E-state index < -0.39 is 0 Å². The lowest BCUT2D eigenvalue weighted by Crippen LogP contribution is -2.12. The topological polar surface area (TPSA) is 55.1 Å². The summed E-state index contributed by atoms with van der Waals surface area (Å²) in [6.07, 6.45) is 0. The van der Waals surface area contributed by atoms with Gasteiger partial charge in [0.1, 0.15) is 0 Å². The number of carbonyl (C=O) groups excluding carboxylic acids is 1. The predicted octanol–water partition coefficient (Wildman–Crippen LogP) is 3.28. The summed E-state index contributed by atoms with van der Waals surface area (Å²) in [5.41, 5.74) is 7.52. The van der Waals surface area contributed by atoms with Crippen molar-refractivity contribution in [3.63, 3.8) is 0 Å². The molecule has 0 aromatic heterocycles. The molecule has 17 heavy (non-hydrogen) atoms. The second-order valence-electron chi connectivity index (χ2n) is 3.55. The molecule has 0 atom stereocenters. The Morgan fingerprint density at radius 3 is 2.35 bits per heavy atom. The van der Waals surface area contributed by atoms with E-state index in [2.05, 4.69) is 21.2 Å². The zero-order valence-corrected chi connectivity index (χ0v) is 10.6. The summed E-state index contributed by atoms with van der Waals surface area (Å²) in [7, 11) is 0. The van der Waals surface area contributed by atoms with Gasteiger partial charge < -0.3 is 11.1 Å². The van der Waals surface area contributed by atoms with Crippen LogP contribution in [0.3, 0.4) is 0 Å². The Kier molecular flexibility index (Phi) is 3.44. The van der Waals surface area contributed by atoms with Gasteiger partial charge in [-0.1, -0.05) is 28.1 Å². The van der Waals surface area contributed by atoms with Crippen LogP contribution in [0.2, 0.25) is 0 Å². The minimum absolute atomic E-state index is 0.171. The highest BCUT2D eigenvalue weighted by atomic mass is 79.9. The second kappa shape index (κ2) is 5.01. The van der Waals surface area contributed by atoms with Gasteiger partial charge in [-0.15, -0.1) is 0 Å². The first kappa shape index (κ1) is 11.7. The summed E-state index contributed by atoms with van der Waals surface area (Å²) in [4.78, 5) is 11.9. The Balaban J connectivity index is 2.17. The maximum atomic E-state index is 11.9. The van der Waals surface area contributed by atoms with Crippen LogP contribution in [0.25, 0.3) is 0 Å². The highest BCUT2D eigenvalue weighted by molar-refractivity contribution is 9.10. The number of amides is 1. The summed E-state index contributed by atoms with van der Waals surface area (Å²) in [5.74, 6) is -0.171. The van der Waals surface area contributed by atoms with Crippen LogP contribution in [-0.2, 0) is 0 Å². The number of hydrogen-bond donors (Lipinski definition) is 2. The molecule has 0 unspecified atom stereocenters. The molecule has 86 valence electrons. The molecule has 0 fully saturated rings. The highest BCUT2D eigenvalue weighted by Crippen LogP contribution is 2.18.